The van der Waals surface area contributed by atoms with Gasteiger partial charge in [0.2, 0.25) is 0 Å². The first-order valence-electron chi connectivity index (χ1n) is 7.11. The van der Waals surface area contributed by atoms with Gasteiger partial charge >= 0.3 is 0 Å². The zero-order valence-corrected chi connectivity index (χ0v) is 13.1. The van der Waals surface area contributed by atoms with Crippen LogP contribution in [0.5, 0.6) is 0 Å². The summed E-state index contributed by atoms with van der Waals surface area (Å²) in [5.41, 5.74) is 11.7. The molecule has 112 valence electrons. The van der Waals surface area contributed by atoms with Crippen LogP contribution in [0.3, 0.4) is 0 Å². The molecule has 0 unspecified atom stereocenters. The van der Waals surface area contributed by atoms with Gasteiger partial charge in [-0.25, -0.2) is 9.97 Å². The van der Waals surface area contributed by atoms with Crippen molar-refractivity contribution in [3.05, 3.63) is 46.4 Å². The second-order valence-electron chi connectivity index (χ2n) is 5.58. The number of benzene rings is 1. The first kappa shape index (κ1) is 14.3. The molecule has 0 saturated heterocycles. The van der Waals surface area contributed by atoms with E-state index in [4.69, 9.17) is 5.73 Å². The van der Waals surface area contributed by atoms with Crippen LogP contribution in [0.2, 0.25) is 0 Å². The number of fused-ring (bicyclic) bond motifs is 1. The third-order valence-corrected chi connectivity index (χ3v) is 4.15. The lowest BCUT2D eigenvalue weighted by Gasteiger charge is -2.16. The van der Waals surface area contributed by atoms with Crippen LogP contribution in [0.1, 0.15) is 32.9 Å². The Labute approximate surface area is 128 Å². The molecule has 0 saturated carbocycles. The molecule has 2 N–H and O–H groups in total. The van der Waals surface area contributed by atoms with E-state index < -0.39 is 0 Å². The molecule has 0 amide bonds. The van der Waals surface area contributed by atoms with Gasteiger partial charge in [0.15, 0.2) is 11.9 Å². The van der Waals surface area contributed by atoms with Crippen LogP contribution in [0, 0.1) is 27.7 Å². The number of aryl methyl sites for hydroxylation is 3. The number of rotatable bonds is 2. The summed E-state index contributed by atoms with van der Waals surface area (Å²) >= 11 is 0. The number of aromatic nitrogens is 3. The minimum Gasteiger partial charge on any atom is -0.384 e. The Kier molecular flexibility index (Phi) is 3.20. The van der Waals surface area contributed by atoms with Crippen molar-refractivity contribution in [2.24, 2.45) is 0 Å². The van der Waals surface area contributed by atoms with Gasteiger partial charge in [-0.3, -0.25) is 9.36 Å². The van der Waals surface area contributed by atoms with Crippen molar-refractivity contribution in [2.75, 3.05) is 5.73 Å². The number of hydrogen-bond acceptors (Lipinski definition) is 4. The molecule has 0 aliphatic rings. The molecule has 0 spiro atoms. The van der Waals surface area contributed by atoms with E-state index in [1.807, 2.05) is 18.4 Å². The first-order valence-corrected chi connectivity index (χ1v) is 7.11. The van der Waals surface area contributed by atoms with Crippen LogP contribution < -0.4 is 5.73 Å². The van der Waals surface area contributed by atoms with Gasteiger partial charge in [0.1, 0.15) is 11.6 Å². The lowest BCUT2D eigenvalue weighted by molar-refractivity contribution is 0.112. The van der Waals surface area contributed by atoms with Crippen molar-refractivity contribution < 1.29 is 4.79 Å². The van der Waals surface area contributed by atoms with Crippen molar-refractivity contribution in [3.8, 4) is 5.69 Å². The number of anilines is 1. The average Bonchev–Trinajstić information content (AvgIpc) is 2.75. The average molecular weight is 294 g/mol. The Balaban J connectivity index is 2.52. The van der Waals surface area contributed by atoms with Crippen molar-refractivity contribution in [1.29, 1.82) is 0 Å². The Morgan fingerprint density at radius 1 is 1.14 bits per heavy atom. The fourth-order valence-electron chi connectivity index (χ4n) is 2.82. The zero-order chi connectivity index (χ0) is 16.0. The number of carbonyl (C=O) groups excluding carboxylic acids is 1. The van der Waals surface area contributed by atoms with Crippen molar-refractivity contribution in [2.45, 2.75) is 27.7 Å². The lowest BCUT2D eigenvalue weighted by Crippen LogP contribution is -2.07. The first-order chi connectivity index (χ1) is 10.5. The van der Waals surface area contributed by atoms with E-state index in [9.17, 15) is 4.79 Å². The Morgan fingerprint density at radius 3 is 2.50 bits per heavy atom. The fraction of sp³-hybridized carbons (Fsp3) is 0.235. The maximum absolute atomic E-state index is 11.5. The monoisotopic (exact) mass is 294 g/mol. The molecule has 2 aromatic heterocycles. The number of nitrogens with zero attached hydrogens (tertiary/aromatic N) is 3. The molecule has 0 bridgehead atoms. The Bertz CT molecular complexity index is 909. The summed E-state index contributed by atoms with van der Waals surface area (Å²) in [5, 5.41) is 0.679. The number of aldehydes is 1. The van der Waals surface area contributed by atoms with Crippen molar-refractivity contribution in [1.82, 2.24) is 14.5 Å². The van der Waals surface area contributed by atoms with E-state index in [1.165, 1.54) is 5.56 Å². The molecular formula is C17H18N4O. The van der Waals surface area contributed by atoms with E-state index >= 15 is 0 Å². The van der Waals surface area contributed by atoms with Gasteiger partial charge < -0.3 is 5.73 Å². The van der Waals surface area contributed by atoms with Gasteiger partial charge in [-0.1, -0.05) is 12.1 Å². The quantitative estimate of drug-likeness (QED) is 0.737. The largest absolute Gasteiger partial charge is 0.384 e. The van der Waals surface area contributed by atoms with Gasteiger partial charge in [0.25, 0.3) is 0 Å². The molecule has 2 heterocycles. The second kappa shape index (κ2) is 4.94. The standard InChI is InChI=1S/C17H18N4O/c1-9-5-6-10(2)15(11(9)3)21-16(18)14(8-22)13-7-19-12(4)20-17(13)21/h5-8H,18H2,1-4H3. The van der Waals surface area contributed by atoms with Crippen LogP contribution in [0.25, 0.3) is 16.7 Å². The minimum atomic E-state index is 0.404. The van der Waals surface area contributed by atoms with Gasteiger partial charge in [0.05, 0.1) is 16.6 Å². The van der Waals surface area contributed by atoms with Crippen LogP contribution in [-0.2, 0) is 0 Å². The van der Waals surface area contributed by atoms with E-state index in [2.05, 4.69) is 35.9 Å². The van der Waals surface area contributed by atoms with Gasteiger partial charge in [-0.05, 0) is 44.4 Å². The molecule has 0 fully saturated rings. The molecule has 3 rings (SSSR count). The van der Waals surface area contributed by atoms with Crippen LogP contribution in [-0.4, -0.2) is 20.8 Å². The second-order valence-corrected chi connectivity index (χ2v) is 5.58. The smallest absolute Gasteiger partial charge is 0.154 e. The highest BCUT2D eigenvalue weighted by molar-refractivity contribution is 6.02. The molecule has 0 radical (unpaired) electrons. The highest BCUT2D eigenvalue weighted by Crippen LogP contribution is 2.32. The summed E-state index contributed by atoms with van der Waals surface area (Å²) in [6, 6.07) is 4.13. The van der Waals surface area contributed by atoms with E-state index in [0.29, 0.717) is 28.2 Å². The lowest BCUT2D eigenvalue weighted by atomic mass is 10.0. The van der Waals surface area contributed by atoms with Crippen molar-refractivity contribution >= 4 is 23.1 Å². The number of carbonyl (C=O) groups is 1. The number of nitrogens with two attached hydrogens (primary N) is 1. The summed E-state index contributed by atoms with van der Waals surface area (Å²) in [6.45, 7) is 7.96. The Morgan fingerprint density at radius 2 is 1.82 bits per heavy atom. The third-order valence-electron chi connectivity index (χ3n) is 4.15. The summed E-state index contributed by atoms with van der Waals surface area (Å²) in [4.78, 5) is 20.2. The fourth-order valence-corrected chi connectivity index (χ4v) is 2.82. The van der Waals surface area contributed by atoms with E-state index in [0.717, 1.165) is 23.1 Å². The van der Waals surface area contributed by atoms with Gasteiger partial charge in [-0.2, -0.15) is 0 Å². The van der Waals surface area contributed by atoms with Crippen LogP contribution >= 0.6 is 0 Å². The molecule has 3 aromatic rings. The third kappa shape index (κ3) is 1.89. The molecule has 0 aliphatic carbocycles. The van der Waals surface area contributed by atoms with E-state index in [1.54, 1.807) is 6.20 Å². The maximum atomic E-state index is 11.5. The van der Waals surface area contributed by atoms with Crippen LogP contribution in [0.4, 0.5) is 5.82 Å². The molecule has 1 aromatic carbocycles. The normalized spacial score (nSPS) is 11.1. The number of hydrogen-bond donors (Lipinski definition) is 1. The molecule has 22 heavy (non-hydrogen) atoms. The highest BCUT2D eigenvalue weighted by atomic mass is 16.1. The SMILES string of the molecule is Cc1ncc2c(C=O)c(N)n(-c3c(C)ccc(C)c3C)c2n1. The minimum absolute atomic E-state index is 0.404. The predicted molar refractivity (Wildman–Crippen MR) is 87.6 cm³/mol. The van der Waals surface area contributed by atoms with E-state index in [-0.39, 0.29) is 0 Å². The Hall–Kier alpha value is -2.69. The summed E-state index contributed by atoms with van der Waals surface area (Å²) < 4.78 is 1.87. The topological polar surface area (TPSA) is 73.8 Å². The molecule has 0 aliphatic heterocycles. The van der Waals surface area contributed by atoms with Crippen molar-refractivity contribution in [3.63, 3.8) is 0 Å². The highest BCUT2D eigenvalue weighted by Gasteiger charge is 2.20. The number of nitrogen functional groups attached to an aromatic ring is 1. The summed E-state index contributed by atoms with van der Waals surface area (Å²) in [6.07, 6.45) is 2.43. The summed E-state index contributed by atoms with van der Waals surface area (Å²) in [7, 11) is 0. The zero-order valence-electron chi connectivity index (χ0n) is 13.1. The molecule has 5 heteroatoms. The van der Waals surface area contributed by atoms with Crippen LogP contribution in [0.15, 0.2) is 18.3 Å². The maximum Gasteiger partial charge on any atom is 0.154 e. The van der Waals surface area contributed by atoms with Gasteiger partial charge in [-0.15, -0.1) is 0 Å². The predicted octanol–water partition coefficient (Wildman–Crippen LogP) is 3.05. The molecule has 0 atom stereocenters. The van der Waals surface area contributed by atoms with Gasteiger partial charge in [0, 0.05) is 6.20 Å². The molecular weight excluding hydrogens is 276 g/mol. The molecule has 5 nitrogen and oxygen atoms in total. The summed E-state index contributed by atoms with van der Waals surface area (Å²) in [5.74, 6) is 1.05.